The molecule has 0 aliphatic carbocycles. The number of esters is 3. The SMILES string of the molecule is CC(=O)OCOC(=O)ON1C(=O)CCC1=O.CC(=O)OCOC(=O)SCCNC(=O)OC(C)(C)C.CC(C)(C)OC(=O)NCCS.CC(C)C(=O)OCOC(=O)SCCN.Cl. The molecule has 0 unspecified atom stereocenters. The maximum Gasteiger partial charge on any atom is 0.536 e. The van der Waals surface area contributed by atoms with Gasteiger partial charge in [-0.2, -0.15) is 12.6 Å². The molecule has 0 radical (unpaired) electrons. The van der Waals surface area contributed by atoms with Crippen LogP contribution in [0.15, 0.2) is 0 Å². The van der Waals surface area contributed by atoms with E-state index in [1.807, 2.05) is 20.8 Å². The summed E-state index contributed by atoms with van der Waals surface area (Å²) < 4.78 is 36.7. The first-order valence-corrected chi connectivity index (χ1v) is 20.3. The molecule has 1 heterocycles. The van der Waals surface area contributed by atoms with Gasteiger partial charge < -0.3 is 54.3 Å². The number of alkyl carbamates (subject to hydrolysis) is 2. The Morgan fingerprint density at radius 3 is 1.49 bits per heavy atom. The first-order chi connectivity index (χ1) is 27.7. The van der Waals surface area contributed by atoms with Gasteiger partial charge in [0.1, 0.15) is 11.2 Å². The second-order valence-electron chi connectivity index (χ2n) is 13.2. The minimum absolute atomic E-state index is 0. The summed E-state index contributed by atoms with van der Waals surface area (Å²) in [5, 5.41) is 4.32. The van der Waals surface area contributed by atoms with Crippen molar-refractivity contribution in [3.8, 4) is 0 Å². The summed E-state index contributed by atoms with van der Waals surface area (Å²) in [6, 6.07) is 0. The number of thiol groups is 1. The molecular formula is C34H59ClN4O19S3. The first kappa shape index (κ1) is 63.2. The Balaban J connectivity index is -0.000000359. The van der Waals surface area contributed by atoms with Crippen molar-refractivity contribution < 1.29 is 90.7 Å². The van der Waals surface area contributed by atoms with Gasteiger partial charge in [-0.1, -0.05) is 18.9 Å². The molecule has 1 aliphatic rings. The number of ether oxygens (including phenoxy) is 8. The standard InChI is InChI=1S/C11H19NO6S.C8H9NO7.C8H15NO4S.C7H15NO2S.ClH/c1-8(13)16-7-17-10(15)19-6-5-12-9(14)18-11(2,3)4;1-5(10)14-4-15-8(13)16-9-6(11)2-3-7(9)12;1-6(2)7(10)12-5-13-8(11)14-4-3-9;1-7(2,3)10-6(9)8-4-5-11;/h5-7H2,1-4H3,(H,12,14);2-4H2,1H3;6H,3-5,9H2,1-2H3;11H,4-5H2,1-3H3,(H,8,9);1H. The number of carbonyl (C=O) groups excluding carboxylic acids is 10. The molecule has 61 heavy (non-hydrogen) atoms. The van der Waals surface area contributed by atoms with Gasteiger partial charge in [0, 0.05) is 63.6 Å². The third-order valence-corrected chi connectivity index (χ3v) is 6.79. The quantitative estimate of drug-likeness (QED) is 0.0440. The molecule has 1 aliphatic heterocycles. The normalized spacial score (nSPS) is 11.5. The average Bonchev–Trinajstić information content (AvgIpc) is 3.42. The van der Waals surface area contributed by atoms with Crippen molar-refractivity contribution in [2.75, 3.05) is 57.3 Å². The number of rotatable bonds is 15. The van der Waals surface area contributed by atoms with E-state index in [9.17, 15) is 47.9 Å². The minimum Gasteiger partial charge on any atom is -0.444 e. The van der Waals surface area contributed by atoms with Gasteiger partial charge in [0.2, 0.25) is 20.4 Å². The summed E-state index contributed by atoms with van der Waals surface area (Å²) in [6.45, 7) is 16.3. The molecule has 354 valence electrons. The number of nitrogens with zero attached hydrogens (tertiary/aromatic N) is 1. The van der Waals surface area contributed by atoms with Crippen LogP contribution in [0.5, 0.6) is 0 Å². The van der Waals surface area contributed by atoms with E-state index in [0.717, 1.165) is 30.4 Å². The smallest absolute Gasteiger partial charge is 0.444 e. The van der Waals surface area contributed by atoms with Crippen molar-refractivity contribution in [1.29, 1.82) is 0 Å². The Hall–Kier alpha value is -4.40. The third-order valence-electron chi connectivity index (χ3n) is 5.01. The maximum atomic E-state index is 11.2. The number of thioether (sulfide) groups is 2. The summed E-state index contributed by atoms with van der Waals surface area (Å²) in [5.41, 5.74) is 4.21. The highest BCUT2D eigenvalue weighted by atomic mass is 35.5. The fourth-order valence-corrected chi connectivity index (χ4v) is 3.71. The Morgan fingerprint density at radius 2 is 1.10 bits per heavy atom. The highest BCUT2D eigenvalue weighted by Gasteiger charge is 2.33. The first-order valence-electron chi connectivity index (χ1n) is 17.7. The van der Waals surface area contributed by atoms with Crippen LogP contribution in [-0.2, 0) is 66.7 Å². The monoisotopic (exact) mass is 958 g/mol. The summed E-state index contributed by atoms with van der Waals surface area (Å²) in [5.74, 6) is -1.55. The molecule has 4 amide bonds. The van der Waals surface area contributed by atoms with Crippen LogP contribution in [0.3, 0.4) is 0 Å². The van der Waals surface area contributed by atoms with Crippen molar-refractivity contribution >= 4 is 107 Å². The summed E-state index contributed by atoms with van der Waals surface area (Å²) in [6.07, 6.45) is -2.22. The van der Waals surface area contributed by atoms with E-state index in [1.165, 1.54) is 6.92 Å². The van der Waals surface area contributed by atoms with Crippen molar-refractivity contribution in [1.82, 2.24) is 15.7 Å². The zero-order valence-electron chi connectivity index (χ0n) is 35.8. The molecule has 0 spiro atoms. The Bertz CT molecular complexity index is 1380. The largest absolute Gasteiger partial charge is 0.536 e. The van der Waals surface area contributed by atoms with Crippen molar-refractivity contribution in [3.05, 3.63) is 0 Å². The molecule has 0 saturated carbocycles. The van der Waals surface area contributed by atoms with Gasteiger partial charge >= 0.3 is 46.9 Å². The number of carbonyl (C=O) groups is 10. The number of amides is 4. The molecule has 0 aromatic rings. The summed E-state index contributed by atoms with van der Waals surface area (Å²) in [7, 11) is 0. The van der Waals surface area contributed by atoms with Gasteiger partial charge in [-0.3, -0.25) is 28.8 Å². The fourth-order valence-electron chi connectivity index (χ4n) is 2.68. The minimum atomic E-state index is -1.29. The van der Waals surface area contributed by atoms with Crippen molar-refractivity contribution in [2.24, 2.45) is 11.7 Å². The van der Waals surface area contributed by atoms with Crippen LogP contribution in [0.2, 0.25) is 0 Å². The lowest BCUT2D eigenvalue weighted by Crippen LogP contribution is -2.33. The average molecular weight is 960 g/mol. The van der Waals surface area contributed by atoms with E-state index in [1.54, 1.807) is 34.6 Å². The van der Waals surface area contributed by atoms with E-state index in [-0.39, 0.29) is 56.6 Å². The van der Waals surface area contributed by atoms with E-state index in [0.29, 0.717) is 35.4 Å². The molecule has 0 atom stereocenters. The van der Waals surface area contributed by atoms with Crippen molar-refractivity contribution in [2.45, 2.75) is 93.3 Å². The lowest BCUT2D eigenvalue weighted by atomic mass is 10.2. The van der Waals surface area contributed by atoms with Crippen LogP contribution in [0.4, 0.5) is 24.0 Å². The lowest BCUT2D eigenvalue weighted by Gasteiger charge is -2.19. The van der Waals surface area contributed by atoms with Crippen LogP contribution in [0.1, 0.15) is 82.1 Å². The maximum absolute atomic E-state index is 11.2. The predicted molar refractivity (Wildman–Crippen MR) is 224 cm³/mol. The molecule has 23 nitrogen and oxygen atoms in total. The number of hydroxylamine groups is 2. The van der Waals surface area contributed by atoms with Gasteiger partial charge in [-0.15, -0.1) is 12.4 Å². The zero-order chi connectivity index (χ0) is 46.9. The Morgan fingerprint density at radius 1 is 0.689 bits per heavy atom. The van der Waals surface area contributed by atoms with E-state index >= 15 is 0 Å². The molecule has 1 fully saturated rings. The van der Waals surface area contributed by atoms with Gasteiger partial charge in [0.25, 0.3) is 11.8 Å². The van der Waals surface area contributed by atoms with Gasteiger partial charge in [0.05, 0.1) is 5.92 Å². The van der Waals surface area contributed by atoms with Gasteiger partial charge in [-0.25, -0.2) is 24.0 Å². The van der Waals surface area contributed by atoms with Crippen LogP contribution in [-0.4, -0.2) is 132 Å². The molecule has 0 bridgehead atoms. The Kier molecular flexibility index (Phi) is 37.6. The second kappa shape index (κ2) is 36.3. The van der Waals surface area contributed by atoms with Crippen molar-refractivity contribution in [3.63, 3.8) is 0 Å². The molecule has 4 N–H and O–H groups in total. The predicted octanol–water partition coefficient (Wildman–Crippen LogP) is 4.46. The van der Waals surface area contributed by atoms with E-state index < -0.39 is 71.4 Å². The summed E-state index contributed by atoms with van der Waals surface area (Å²) >= 11 is 5.76. The Labute approximate surface area is 374 Å². The number of hydrogen-bond acceptors (Lipinski definition) is 23. The fraction of sp³-hybridized carbons (Fsp3) is 0.706. The van der Waals surface area contributed by atoms with E-state index in [4.69, 9.17) is 15.2 Å². The molecule has 1 rings (SSSR count). The van der Waals surface area contributed by atoms with E-state index in [2.05, 4.69) is 56.5 Å². The molecule has 0 aromatic heterocycles. The molecule has 1 saturated heterocycles. The number of nitrogens with one attached hydrogen (secondary N) is 2. The number of nitrogens with two attached hydrogens (primary N) is 1. The lowest BCUT2D eigenvalue weighted by molar-refractivity contribution is -0.182. The van der Waals surface area contributed by atoms with Crippen LogP contribution in [0.25, 0.3) is 0 Å². The molecular weight excluding hydrogens is 900 g/mol. The van der Waals surface area contributed by atoms with Crippen LogP contribution >= 0.6 is 48.6 Å². The number of imide groups is 1. The highest BCUT2D eigenvalue weighted by Crippen LogP contribution is 2.13. The van der Waals surface area contributed by atoms with Crippen LogP contribution < -0.4 is 16.4 Å². The highest BCUT2D eigenvalue weighted by molar-refractivity contribution is 8.13. The second-order valence-corrected chi connectivity index (χ2v) is 15.7. The topological polar surface area (TPSA) is 307 Å². The molecule has 27 heteroatoms. The van der Waals surface area contributed by atoms with Gasteiger partial charge in [0.15, 0.2) is 0 Å². The van der Waals surface area contributed by atoms with Gasteiger partial charge in [-0.05, 0) is 65.1 Å². The molecule has 0 aromatic carbocycles. The number of hydrogen-bond donors (Lipinski definition) is 4. The number of halogens is 1. The summed E-state index contributed by atoms with van der Waals surface area (Å²) in [4.78, 5) is 113. The van der Waals surface area contributed by atoms with Crippen LogP contribution in [0, 0.1) is 5.92 Å². The third kappa shape index (κ3) is 45.0. The zero-order valence-corrected chi connectivity index (χ0v) is 39.2.